The lowest BCUT2D eigenvalue weighted by Gasteiger charge is -2.44. The molecule has 0 radical (unpaired) electrons. The zero-order chi connectivity index (χ0) is 29.0. The van der Waals surface area contributed by atoms with Gasteiger partial charge >= 0.3 is 17.9 Å². The molecule has 1 aliphatic heterocycles. The van der Waals surface area contributed by atoms with Crippen LogP contribution in [0.1, 0.15) is 42.9 Å². The predicted molar refractivity (Wildman–Crippen MR) is 152 cm³/mol. The standard InChI is InChI=1S/C29H28ClFO7S2/c1-15(32)35-26-25(38-29(39-4)28(37-17(3)34)27(26)36-16(2)33)19-7-11-23(30)20(13-19)14-22-10-12-24(40-22)18-5-8-21(31)9-6-18/h5-13,25-29H,14H2,1-4H3/t25?,26-,27+,28-,29+/m0/s1. The molecule has 1 aromatic heterocycles. The van der Waals surface area contributed by atoms with Gasteiger partial charge in [-0.3, -0.25) is 14.4 Å². The van der Waals surface area contributed by atoms with Gasteiger partial charge in [0.15, 0.2) is 18.3 Å². The highest BCUT2D eigenvalue weighted by molar-refractivity contribution is 7.99. The molecule has 0 N–H and O–H groups in total. The normalized spacial score (nSPS) is 22.4. The second kappa shape index (κ2) is 13.2. The Balaban J connectivity index is 1.67. The number of esters is 3. The van der Waals surface area contributed by atoms with E-state index in [1.54, 1.807) is 41.9 Å². The first-order valence-corrected chi connectivity index (χ1v) is 14.9. The van der Waals surface area contributed by atoms with Crippen molar-refractivity contribution in [3.63, 3.8) is 0 Å². The van der Waals surface area contributed by atoms with Gasteiger partial charge in [0.25, 0.3) is 0 Å². The van der Waals surface area contributed by atoms with E-state index in [9.17, 15) is 18.8 Å². The predicted octanol–water partition coefficient (Wildman–Crippen LogP) is 6.35. The topological polar surface area (TPSA) is 88.1 Å². The Morgan fingerprint density at radius 1 is 0.900 bits per heavy atom. The van der Waals surface area contributed by atoms with E-state index >= 15 is 0 Å². The molecule has 2 aromatic carbocycles. The molecule has 1 unspecified atom stereocenters. The first-order chi connectivity index (χ1) is 19.0. The fraction of sp³-hybridized carbons (Fsp3) is 0.345. The molecular formula is C29H28ClFO7S2. The van der Waals surface area contributed by atoms with Gasteiger partial charge in [0.1, 0.15) is 17.4 Å². The fourth-order valence-corrected chi connectivity index (χ4v) is 6.50. The van der Waals surface area contributed by atoms with Crippen molar-refractivity contribution >= 4 is 52.6 Å². The third-order valence-electron chi connectivity index (χ3n) is 6.19. The van der Waals surface area contributed by atoms with Crippen molar-refractivity contribution in [3.8, 4) is 10.4 Å². The van der Waals surface area contributed by atoms with E-state index in [1.807, 2.05) is 18.2 Å². The second-order valence-corrected chi connectivity index (χ2v) is 11.7. The average Bonchev–Trinajstić information content (AvgIpc) is 3.35. The number of hydrogen-bond acceptors (Lipinski definition) is 9. The van der Waals surface area contributed by atoms with Crippen molar-refractivity contribution in [2.75, 3.05) is 6.26 Å². The molecule has 11 heteroatoms. The minimum Gasteiger partial charge on any atom is -0.455 e. The van der Waals surface area contributed by atoms with Crippen LogP contribution in [0.2, 0.25) is 5.02 Å². The van der Waals surface area contributed by atoms with Crippen LogP contribution in [0.3, 0.4) is 0 Å². The largest absolute Gasteiger partial charge is 0.455 e. The fourth-order valence-electron chi connectivity index (χ4n) is 4.57. The maximum atomic E-state index is 13.3. The Labute approximate surface area is 244 Å². The molecule has 0 aliphatic carbocycles. The van der Waals surface area contributed by atoms with E-state index < -0.39 is 47.8 Å². The molecule has 1 aliphatic rings. The maximum Gasteiger partial charge on any atom is 0.303 e. The van der Waals surface area contributed by atoms with Crippen LogP contribution < -0.4 is 0 Å². The number of benzene rings is 2. The number of rotatable bonds is 8. The van der Waals surface area contributed by atoms with Crippen molar-refractivity contribution in [2.45, 2.75) is 57.0 Å². The summed E-state index contributed by atoms with van der Waals surface area (Å²) < 4.78 is 36.3. The van der Waals surface area contributed by atoms with Gasteiger partial charge < -0.3 is 18.9 Å². The first kappa shape index (κ1) is 30.0. The van der Waals surface area contributed by atoms with Crippen LogP contribution in [-0.2, 0) is 39.8 Å². The first-order valence-electron chi connectivity index (χ1n) is 12.4. The Hall–Kier alpha value is -2.92. The molecule has 0 amide bonds. The number of thioether (sulfide) groups is 1. The van der Waals surface area contributed by atoms with Gasteiger partial charge in [-0.1, -0.05) is 35.9 Å². The van der Waals surface area contributed by atoms with Crippen molar-refractivity contribution in [3.05, 3.63) is 81.4 Å². The summed E-state index contributed by atoms with van der Waals surface area (Å²) in [6.07, 6.45) is -1.74. The lowest BCUT2D eigenvalue weighted by atomic mass is 9.92. The number of hydrogen-bond donors (Lipinski definition) is 0. The number of carbonyl (C=O) groups is 3. The number of halogens is 2. The minimum absolute atomic E-state index is 0.292. The van der Waals surface area contributed by atoms with Gasteiger partial charge in [0, 0.05) is 42.0 Å². The number of thiophene rings is 1. The Morgan fingerprint density at radius 2 is 1.52 bits per heavy atom. The van der Waals surface area contributed by atoms with Crippen molar-refractivity contribution in [2.24, 2.45) is 0 Å². The highest BCUT2D eigenvalue weighted by atomic mass is 35.5. The summed E-state index contributed by atoms with van der Waals surface area (Å²) in [5.41, 5.74) is 1.67. The summed E-state index contributed by atoms with van der Waals surface area (Å²) in [7, 11) is 0. The number of carbonyl (C=O) groups excluding carboxylic acids is 3. The molecule has 7 nitrogen and oxygen atoms in total. The van der Waals surface area contributed by atoms with E-state index in [-0.39, 0.29) is 5.82 Å². The molecule has 2 heterocycles. The Kier molecular flexibility index (Phi) is 9.89. The Morgan fingerprint density at radius 3 is 2.15 bits per heavy atom. The maximum absolute atomic E-state index is 13.3. The van der Waals surface area contributed by atoms with Crippen LogP contribution in [-0.4, -0.2) is 47.9 Å². The molecule has 1 fully saturated rings. The van der Waals surface area contributed by atoms with Gasteiger partial charge in [-0.2, -0.15) is 0 Å². The molecule has 4 rings (SSSR count). The summed E-state index contributed by atoms with van der Waals surface area (Å²) in [5, 5.41) is 0.538. The van der Waals surface area contributed by atoms with Gasteiger partial charge in [0.05, 0.1) is 0 Å². The third kappa shape index (κ3) is 7.23. The van der Waals surface area contributed by atoms with Crippen LogP contribution in [0.5, 0.6) is 0 Å². The molecule has 0 saturated carbocycles. The molecular weight excluding hydrogens is 579 g/mol. The lowest BCUT2D eigenvalue weighted by molar-refractivity contribution is -0.233. The van der Waals surface area contributed by atoms with E-state index in [4.69, 9.17) is 30.5 Å². The van der Waals surface area contributed by atoms with E-state index in [0.29, 0.717) is 17.0 Å². The van der Waals surface area contributed by atoms with Crippen molar-refractivity contribution in [1.29, 1.82) is 0 Å². The highest BCUT2D eigenvalue weighted by Gasteiger charge is 2.52. The summed E-state index contributed by atoms with van der Waals surface area (Å²) in [6, 6.07) is 15.7. The van der Waals surface area contributed by atoms with Gasteiger partial charge in [-0.15, -0.1) is 23.1 Å². The summed E-state index contributed by atoms with van der Waals surface area (Å²) >= 11 is 9.44. The monoisotopic (exact) mass is 606 g/mol. The third-order valence-corrected chi connectivity index (χ3v) is 8.53. The SMILES string of the molecule is CS[C@H]1OC(c2ccc(Cl)c(Cc3ccc(-c4ccc(F)cc4)s3)c2)[C@H](OC(C)=O)[C@@H](OC(C)=O)[C@@H]1OC(C)=O. The van der Waals surface area contributed by atoms with Crippen LogP contribution in [0.4, 0.5) is 4.39 Å². The van der Waals surface area contributed by atoms with Crippen LogP contribution >= 0.6 is 34.7 Å². The van der Waals surface area contributed by atoms with Crippen LogP contribution in [0, 0.1) is 5.82 Å². The van der Waals surface area contributed by atoms with Gasteiger partial charge in [-0.25, -0.2) is 4.39 Å². The highest BCUT2D eigenvalue weighted by Crippen LogP contribution is 2.41. The van der Waals surface area contributed by atoms with Gasteiger partial charge in [0.2, 0.25) is 0 Å². The molecule has 0 spiro atoms. The van der Waals surface area contributed by atoms with E-state index in [0.717, 1.165) is 20.9 Å². The quantitative estimate of drug-likeness (QED) is 0.216. The lowest BCUT2D eigenvalue weighted by Crippen LogP contribution is -2.57. The molecule has 40 heavy (non-hydrogen) atoms. The van der Waals surface area contributed by atoms with E-state index in [1.165, 1.54) is 44.7 Å². The second-order valence-electron chi connectivity index (χ2n) is 9.18. The average molecular weight is 607 g/mol. The van der Waals surface area contributed by atoms with Crippen LogP contribution in [0.15, 0.2) is 54.6 Å². The zero-order valence-electron chi connectivity index (χ0n) is 22.2. The molecule has 3 aromatic rings. The van der Waals surface area contributed by atoms with Crippen molar-refractivity contribution in [1.82, 2.24) is 0 Å². The minimum atomic E-state index is -1.10. The molecule has 212 valence electrons. The summed E-state index contributed by atoms with van der Waals surface area (Å²) in [6.45, 7) is 3.72. The molecule has 5 atom stereocenters. The summed E-state index contributed by atoms with van der Waals surface area (Å²) in [4.78, 5) is 38.1. The summed E-state index contributed by atoms with van der Waals surface area (Å²) in [5.74, 6) is -2.11. The Bertz CT molecular complexity index is 1380. The van der Waals surface area contributed by atoms with Gasteiger partial charge in [-0.05, 0) is 53.3 Å². The number of ether oxygens (including phenoxy) is 4. The zero-order valence-corrected chi connectivity index (χ0v) is 24.6. The van der Waals surface area contributed by atoms with Crippen LogP contribution in [0.25, 0.3) is 10.4 Å². The molecule has 0 bridgehead atoms. The van der Waals surface area contributed by atoms with E-state index in [2.05, 4.69) is 0 Å². The van der Waals surface area contributed by atoms with Crippen molar-refractivity contribution < 1.29 is 37.7 Å². The smallest absolute Gasteiger partial charge is 0.303 e. The molecule has 1 saturated heterocycles.